The summed E-state index contributed by atoms with van der Waals surface area (Å²) in [6.07, 6.45) is 0. The molecule has 2 N–H and O–H groups in total. The van der Waals surface area contributed by atoms with Crippen LogP contribution in [0.1, 0.15) is 11.6 Å². The summed E-state index contributed by atoms with van der Waals surface area (Å²) in [5.74, 6) is -3.18. The highest BCUT2D eigenvalue weighted by Gasteiger charge is 2.44. The minimum atomic E-state index is -3.18. The van der Waals surface area contributed by atoms with Gasteiger partial charge < -0.3 is 10.4 Å². The SMILES string of the molecule is OCC(F)(F)[C@H](c1cc(Br)cc(Br)c1)N1CCNCC1. The number of benzene rings is 1. The Morgan fingerprint density at radius 2 is 1.75 bits per heavy atom. The van der Waals surface area contributed by atoms with E-state index in [1.54, 1.807) is 23.1 Å². The summed E-state index contributed by atoms with van der Waals surface area (Å²) in [4.78, 5) is 1.72. The molecule has 0 bridgehead atoms. The van der Waals surface area contributed by atoms with Crippen molar-refractivity contribution < 1.29 is 13.9 Å². The van der Waals surface area contributed by atoms with Gasteiger partial charge in [0.1, 0.15) is 12.6 Å². The zero-order chi connectivity index (χ0) is 14.8. The van der Waals surface area contributed by atoms with Gasteiger partial charge in [0.05, 0.1) is 0 Å². The van der Waals surface area contributed by atoms with Gasteiger partial charge in [0.15, 0.2) is 0 Å². The summed E-state index contributed by atoms with van der Waals surface area (Å²) in [5.41, 5.74) is 0.493. The van der Waals surface area contributed by atoms with Crippen LogP contribution in [0.15, 0.2) is 27.1 Å². The molecule has 1 fully saturated rings. The van der Waals surface area contributed by atoms with Gasteiger partial charge >= 0.3 is 0 Å². The molecular weight excluding hydrogens is 398 g/mol. The Balaban J connectivity index is 2.39. The third-order valence-corrected chi connectivity index (χ3v) is 4.24. The van der Waals surface area contributed by atoms with Crippen LogP contribution in [-0.4, -0.2) is 48.7 Å². The molecular formula is C13H16Br2F2N2O. The lowest BCUT2D eigenvalue weighted by atomic mass is 9.98. The highest BCUT2D eigenvalue weighted by Crippen LogP contribution is 2.38. The Morgan fingerprint density at radius 3 is 2.25 bits per heavy atom. The predicted octanol–water partition coefficient (Wildman–Crippen LogP) is 2.79. The predicted molar refractivity (Wildman–Crippen MR) is 81.1 cm³/mol. The smallest absolute Gasteiger partial charge is 0.289 e. The Hall–Kier alpha value is -0.0800. The lowest BCUT2D eigenvalue weighted by Gasteiger charge is -2.38. The number of hydrogen-bond donors (Lipinski definition) is 2. The van der Waals surface area contributed by atoms with Crippen molar-refractivity contribution in [1.82, 2.24) is 10.2 Å². The maximum atomic E-state index is 14.2. The Labute approximate surface area is 133 Å². The van der Waals surface area contributed by atoms with E-state index < -0.39 is 18.6 Å². The number of aliphatic hydroxyl groups excluding tert-OH is 1. The van der Waals surface area contributed by atoms with E-state index in [0.717, 1.165) is 8.95 Å². The number of hydrogen-bond acceptors (Lipinski definition) is 3. The van der Waals surface area contributed by atoms with Gasteiger partial charge in [-0.15, -0.1) is 0 Å². The first-order valence-electron chi connectivity index (χ1n) is 6.33. The molecule has 7 heteroatoms. The lowest BCUT2D eigenvalue weighted by Crippen LogP contribution is -2.51. The fourth-order valence-corrected chi connectivity index (χ4v) is 3.81. The first-order valence-corrected chi connectivity index (χ1v) is 7.92. The van der Waals surface area contributed by atoms with Crippen LogP contribution in [-0.2, 0) is 0 Å². The van der Waals surface area contributed by atoms with Gasteiger partial charge in [-0.05, 0) is 23.8 Å². The first-order chi connectivity index (χ1) is 9.44. The van der Waals surface area contributed by atoms with Crippen molar-refractivity contribution in [3.63, 3.8) is 0 Å². The quantitative estimate of drug-likeness (QED) is 0.796. The summed E-state index contributed by atoms with van der Waals surface area (Å²) in [5, 5.41) is 12.2. The first kappa shape index (κ1) is 16.3. The molecule has 0 saturated carbocycles. The zero-order valence-electron chi connectivity index (χ0n) is 10.8. The molecule has 0 spiro atoms. The van der Waals surface area contributed by atoms with Gasteiger partial charge in [0.25, 0.3) is 5.92 Å². The van der Waals surface area contributed by atoms with Gasteiger partial charge in [-0.2, -0.15) is 0 Å². The van der Waals surface area contributed by atoms with Crippen LogP contribution in [0.2, 0.25) is 0 Å². The van der Waals surface area contributed by atoms with E-state index in [-0.39, 0.29) is 0 Å². The zero-order valence-corrected chi connectivity index (χ0v) is 13.9. The molecule has 0 amide bonds. The molecule has 1 aliphatic heterocycles. The molecule has 20 heavy (non-hydrogen) atoms. The van der Waals surface area contributed by atoms with E-state index in [0.29, 0.717) is 31.7 Å². The second kappa shape index (κ2) is 6.79. The Kier molecular flexibility index (Phi) is 5.53. The van der Waals surface area contributed by atoms with E-state index >= 15 is 0 Å². The minimum Gasteiger partial charge on any atom is -0.390 e. The van der Waals surface area contributed by atoms with Crippen molar-refractivity contribution in [3.05, 3.63) is 32.7 Å². The van der Waals surface area contributed by atoms with Gasteiger partial charge in [-0.3, -0.25) is 4.90 Å². The van der Waals surface area contributed by atoms with E-state index in [4.69, 9.17) is 5.11 Å². The number of nitrogens with one attached hydrogen (secondary N) is 1. The molecule has 0 radical (unpaired) electrons. The van der Waals surface area contributed by atoms with E-state index in [1.165, 1.54) is 0 Å². The van der Waals surface area contributed by atoms with Crippen molar-refractivity contribution in [2.24, 2.45) is 0 Å². The van der Waals surface area contributed by atoms with Gasteiger partial charge in [-0.25, -0.2) is 8.78 Å². The van der Waals surface area contributed by atoms with Crippen molar-refractivity contribution in [1.29, 1.82) is 0 Å². The lowest BCUT2D eigenvalue weighted by molar-refractivity contribution is -0.118. The van der Waals surface area contributed by atoms with E-state index in [2.05, 4.69) is 37.2 Å². The van der Waals surface area contributed by atoms with Crippen LogP contribution in [0, 0.1) is 0 Å². The van der Waals surface area contributed by atoms with Gasteiger partial charge in [-0.1, -0.05) is 31.9 Å². The summed E-state index contributed by atoms with van der Waals surface area (Å²) < 4.78 is 29.9. The molecule has 3 nitrogen and oxygen atoms in total. The monoisotopic (exact) mass is 412 g/mol. The molecule has 0 aromatic heterocycles. The third kappa shape index (κ3) is 3.76. The molecule has 0 unspecified atom stereocenters. The molecule has 1 heterocycles. The van der Waals surface area contributed by atoms with Crippen LogP contribution >= 0.6 is 31.9 Å². The summed E-state index contributed by atoms with van der Waals surface area (Å²) >= 11 is 6.65. The Morgan fingerprint density at radius 1 is 1.20 bits per heavy atom. The number of nitrogens with zero attached hydrogens (tertiary/aromatic N) is 1. The van der Waals surface area contributed by atoms with Crippen molar-refractivity contribution in [3.8, 4) is 0 Å². The molecule has 1 saturated heterocycles. The second-order valence-corrected chi connectivity index (χ2v) is 6.64. The van der Waals surface area contributed by atoms with Gasteiger partial charge in [0, 0.05) is 35.1 Å². The molecule has 1 aromatic carbocycles. The summed E-state index contributed by atoms with van der Waals surface area (Å²) in [6, 6.07) is 4.04. The fraction of sp³-hybridized carbons (Fsp3) is 0.538. The van der Waals surface area contributed by atoms with Crippen LogP contribution in [0.4, 0.5) is 8.78 Å². The van der Waals surface area contributed by atoms with Gasteiger partial charge in [0.2, 0.25) is 0 Å². The van der Waals surface area contributed by atoms with Crippen LogP contribution in [0.25, 0.3) is 0 Å². The second-order valence-electron chi connectivity index (χ2n) is 4.81. The standard InChI is InChI=1S/C13H16Br2F2N2O/c14-10-5-9(6-11(15)7-10)12(13(16,17)8-20)19-3-1-18-2-4-19/h5-7,12,18,20H,1-4,8H2/t12-/m0/s1. The van der Waals surface area contributed by atoms with Crippen LogP contribution in [0.5, 0.6) is 0 Å². The highest BCUT2D eigenvalue weighted by molar-refractivity contribution is 9.11. The largest absolute Gasteiger partial charge is 0.390 e. The number of alkyl halides is 2. The van der Waals surface area contributed by atoms with Crippen molar-refractivity contribution in [2.75, 3.05) is 32.8 Å². The van der Waals surface area contributed by atoms with Crippen molar-refractivity contribution >= 4 is 31.9 Å². The maximum absolute atomic E-state index is 14.2. The topological polar surface area (TPSA) is 35.5 Å². The molecule has 1 aliphatic rings. The minimum absolute atomic E-state index is 0.493. The average molecular weight is 414 g/mol. The average Bonchev–Trinajstić information content (AvgIpc) is 2.39. The third-order valence-electron chi connectivity index (χ3n) is 3.33. The number of aliphatic hydroxyl groups is 1. The Bertz CT molecular complexity index is 447. The van der Waals surface area contributed by atoms with E-state index in [9.17, 15) is 8.78 Å². The van der Waals surface area contributed by atoms with Crippen molar-refractivity contribution in [2.45, 2.75) is 12.0 Å². The van der Waals surface area contributed by atoms with Crippen LogP contribution < -0.4 is 5.32 Å². The molecule has 112 valence electrons. The molecule has 1 atom stereocenters. The number of piperazine rings is 1. The maximum Gasteiger partial charge on any atom is 0.289 e. The number of halogens is 4. The normalized spacial score (nSPS) is 19.1. The fourth-order valence-electron chi connectivity index (χ4n) is 2.48. The summed E-state index contributed by atoms with van der Waals surface area (Å²) in [6.45, 7) is 1.25. The molecule has 2 rings (SSSR count). The number of rotatable bonds is 4. The molecule has 1 aromatic rings. The van der Waals surface area contributed by atoms with E-state index in [1.807, 2.05) is 0 Å². The highest BCUT2D eigenvalue weighted by atomic mass is 79.9. The summed E-state index contributed by atoms with van der Waals surface area (Å²) in [7, 11) is 0. The molecule has 0 aliphatic carbocycles. The van der Waals surface area contributed by atoms with Crippen LogP contribution in [0.3, 0.4) is 0 Å².